The standard InChI is InChI=1S/C12H18ClN3/c1-8-2-4-16(5-3-8)12-7-11(15)10(14)6-9(12)13/h6-8H,2-5,14-15H2,1H3. The topological polar surface area (TPSA) is 55.3 Å². The van der Waals surface area contributed by atoms with Crippen molar-refractivity contribution in [1.29, 1.82) is 0 Å². The van der Waals surface area contributed by atoms with E-state index in [1.807, 2.05) is 6.07 Å². The minimum atomic E-state index is 0.555. The predicted molar refractivity (Wildman–Crippen MR) is 70.9 cm³/mol. The van der Waals surface area contributed by atoms with E-state index in [1.54, 1.807) is 6.07 Å². The lowest BCUT2D eigenvalue weighted by molar-refractivity contribution is 0.438. The van der Waals surface area contributed by atoms with E-state index in [1.165, 1.54) is 12.8 Å². The molecule has 1 fully saturated rings. The molecule has 0 bridgehead atoms. The van der Waals surface area contributed by atoms with Gasteiger partial charge in [-0.3, -0.25) is 0 Å². The van der Waals surface area contributed by atoms with E-state index < -0.39 is 0 Å². The van der Waals surface area contributed by atoms with Crippen molar-refractivity contribution in [3.63, 3.8) is 0 Å². The summed E-state index contributed by atoms with van der Waals surface area (Å²) < 4.78 is 0. The number of nitrogens with zero attached hydrogens (tertiary/aromatic N) is 1. The van der Waals surface area contributed by atoms with E-state index in [0.717, 1.165) is 24.7 Å². The van der Waals surface area contributed by atoms with Gasteiger partial charge >= 0.3 is 0 Å². The van der Waals surface area contributed by atoms with Gasteiger partial charge in [-0.2, -0.15) is 0 Å². The summed E-state index contributed by atoms with van der Waals surface area (Å²) in [4.78, 5) is 2.29. The molecule has 1 aliphatic heterocycles. The molecule has 0 saturated carbocycles. The molecule has 0 spiro atoms. The first-order chi connectivity index (χ1) is 7.58. The number of anilines is 3. The third kappa shape index (κ3) is 2.19. The monoisotopic (exact) mass is 239 g/mol. The molecule has 4 N–H and O–H groups in total. The summed E-state index contributed by atoms with van der Waals surface area (Å²) in [7, 11) is 0. The van der Waals surface area contributed by atoms with Crippen LogP contribution < -0.4 is 16.4 Å². The highest BCUT2D eigenvalue weighted by Gasteiger charge is 2.18. The second-order valence-electron chi connectivity index (χ2n) is 4.60. The number of benzene rings is 1. The first-order valence-electron chi connectivity index (χ1n) is 5.67. The van der Waals surface area contributed by atoms with Crippen LogP contribution in [0.5, 0.6) is 0 Å². The lowest BCUT2D eigenvalue weighted by atomic mass is 9.99. The van der Waals surface area contributed by atoms with Crippen LogP contribution in [0.3, 0.4) is 0 Å². The van der Waals surface area contributed by atoms with Crippen molar-refractivity contribution in [2.24, 2.45) is 5.92 Å². The van der Waals surface area contributed by atoms with Crippen LogP contribution in [0.4, 0.5) is 17.1 Å². The molecule has 1 aromatic rings. The summed E-state index contributed by atoms with van der Waals surface area (Å²) in [5.41, 5.74) is 13.7. The maximum atomic E-state index is 6.19. The molecule has 1 aliphatic rings. The maximum Gasteiger partial charge on any atom is 0.0661 e. The van der Waals surface area contributed by atoms with Gasteiger partial charge in [-0.15, -0.1) is 0 Å². The fourth-order valence-corrected chi connectivity index (χ4v) is 2.38. The first kappa shape index (κ1) is 11.4. The molecule has 88 valence electrons. The van der Waals surface area contributed by atoms with E-state index in [0.29, 0.717) is 16.4 Å². The lowest BCUT2D eigenvalue weighted by Gasteiger charge is -2.33. The van der Waals surface area contributed by atoms with Crippen molar-refractivity contribution in [3.8, 4) is 0 Å². The van der Waals surface area contributed by atoms with Gasteiger partial charge in [-0.05, 0) is 30.9 Å². The zero-order chi connectivity index (χ0) is 11.7. The summed E-state index contributed by atoms with van der Waals surface area (Å²) in [5, 5.41) is 0.696. The average Bonchev–Trinajstić information content (AvgIpc) is 2.25. The third-order valence-corrected chi connectivity index (χ3v) is 3.58. The Bertz CT molecular complexity index is 384. The highest BCUT2D eigenvalue weighted by molar-refractivity contribution is 6.33. The van der Waals surface area contributed by atoms with E-state index in [9.17, 15) is 0 Å². The number of halogens is 1. The summed E-state index contributed by atoms with van der Waals surface area (Å²) >= 11 is 6.19. The van der Waals surface area contributed by atoms with Gasteiger partial charge < -0.3 is 16.4 Å². The van der Waals surface area contributed by atoms with Crippen LogP contribution in [0.15, 0.2) is 12.1 Å². The number of piperidine rings is 1. The van der Waals surface area contributed by atoms with E-state index in [2.05, 4.69) is 11.8 Å². The Balaban J connectivity index is 2.23. The van der Waals surface area contributed by atoms with Crippen LogP contribution >= 0.6 is 11.6 Å². The SMILES string of the molecule is CC1CCN(c2cc(N)c(N)cc2Cl)CC1. The first-order valence-corrected chi connectivity index (χ1v) is 6.05. The van der Waals surface area contributed by atoms with Crippen LogP contribution in [0.1, 0.15) is 19.8 Å². The lowest BCUT2D eigenvalue weighted by Crippen LogP contribution is -2.33. The Kier molecular flexibility index (Phi) is 3.15. The van der Waals surface area contributed by atoms with E-state index in [4.69, 9.17) is 23.1 Å². The van der Waals surface area contributed by atoms with Gasteiger partial charge in [0.2, 0.25) is 0 Å². The van der Waals surface area contributed by atoms with Gasteiger partial charge in [0, 0.05) is 13.1 Å². The van der Waals surface area contributed by atoms with Crippen molar-refractivity contribution in [2.45, 2.75) is 19.8 Å². The molecule has 1 aromatic carbocycles. The zero-order valence-corrected chi connectivity index (χ0v) is 10.3. The molecular formula is C12H18ClN3. The zero-order valence-electron chi connectivity index (χ0n) is 9.54. The fourth-order valence-electron chi connectivity index (χ4n) is 2.09. The van der Waals surface area contributed by atoms with Crippen LogP contribution in [0.2, 0.25) is 5.02 Å². The number of nitrogens with two attached hydrogens (primary N) is 2. The number of hydrogen-bond acceptors (Lipinski definition) is 3. The van der Waals surface area contributed by atoms with Crippen molar-refractivity contribution < 1.29 is 0 Å². The van der Waals surface area contributed by atoms with E-state index >= 15 is 0 Å². The molecule has 1 saturated heterocycles. The third-order valence-electron chi connectivity index (χ3n) is 3.28. The van der Waals surface area contributed by atoms with Crippen LogP contribution in [-0.2, 0) is 0 Å². The molecule has 0 radical (unpaired) electrons. The van der Waals surface area contributed by atoms with Gasteiger partial charge in [0.15, 0.2) is 0 Å². The second-order valence-corrected chi connectivity index (χ2v) is 5.01. The molecule has 3 nitrogen and oxygen atoms in total. The average molecular weight is 240 g/mol. The Morgan fingerprint density at radius 2 is 1.75 bits per heavy atom. The molecule has 0 aliphatic carbocycles. The maximum absolute atomic E-state index is 6.19. The van der Waals surface area contributed by atoms with Crippen molar-refractivity contribution >= 4 is 28.7 Å². The van der Waals surface area contributed by atoms with Gasteiger partial charge in [0.1, 0.15) is 0 Å². The number of hydrogen-bond donors (Lipinski definition) is 2. The van der Waals surface area contributed by atoms with Crippen molar-refractivity contribution in [3.05, 3.63) is 17.2 Å². The highest BCUT2D eigenvalue weighted by atomic mass is 35.5. The van der Waals surface area contributed by atoms with Gasteiger partial charge in [-0.25, -0.2) is 0 Å². The van der Waals surface area contributed by atoms with Crippen LogP contribution in [0, 0.1) is 5.92 Å². The summed E-state index contributed by atoms with van der Waals surface area (Å²) in [5.74, 6) is 0.807. The molecule has 2 rings (SSSR count). The summed E-state index contributed by atoms with van der Waals surface area (Å²) in [6, 6.07) is 3.62. The molecule has 4 heteroatoms. The van der Waals surface area contributed by atoms with Crippen LogP contribution in [-0.4, -0.2) is 13.1 Å². The highest BCUT2D eigenvalue weighted by Crippen LogP contribution is 2.34. The smallest absolute Gasteiger partial charge is 0.0661 e. The summed E-state index contributed by atoms with van der Waals surface area (Å²) in [6.45, 7) is 4.38. The van der Waals surface area contributed by atoms with Crippen LogP contribution in [0.25, 0.3) is 0 Å². The number of nitrogen functional groups attached to an aromatic ring is 2. The molecular weight excluding hydrogens is 222 g/mol. The van der Waals surface area contributed by atoms with Crippen molar-refractivity contribution in [1.82, 2.24) is 0 Å². The Morgan fingerprint density at radius 3 is 2.38 bits per heavy atom. The summed E-state index contributed by atoms with van der Waals surface area (Å²) in [6.07, 6.45) is 2.42. The molecule has 0 unspecified atom stereocenters. The van der Waals surface area contributed by atoms with Gasteiger partial charge in [0.05, 0.1) is 22.1 Å². The van der Waals surface area contributed by atoms with Gasteiger partial charge in [-0.1, -0.05) is 18.5 Å². The second kappa shape index (κ2) is 4.42. The normalized spacial score (nSPS) is 17.8. The number of rotatable bonds is 1. The molecule has 1 heterocycles. The Morgan fingerprint density at radius 1 is 1.19 bits per heavy atom. The molecule has 0 atom stereocenters. The minimum Gasteiger partial charge on any atom is -0.397 e. The quantitative estimate of drug-likeness (QED) is 0.741. The fraction of sp³-hybridized carbons (Fsp3) is 0.500. The molecule has 16 heavy (non-hydrogen) atoms. The van der Waals surface area contributed by atoms with Gasteiger partial charge in [0.25, 0.3) is 0 Å². The van der Waals surface area contributed by atoms with E-state index in [-0.39, 0.29) is 0 Å². The van der Waals surface area contributed by atoms with Crippen molar-refractivity contribution in [2.75, 3.05) is 29.5 Å². The largest absolute Gasteiger partial charge is 0.397 e. The Labute approximate surface area is 101 Å². The molecule has 0 amide bonds. The Hall–Kier alpha value is -1.09. The minimum absolute atomic E-state index is 0.555. The molecule has 0 aromatic heterocycles. The predicted octanol–water partition coefficient (Wildman–Crippen LogP) is 2.74.